The predicted octanol–water partition coefficient (Wildman–Crippen LogP) is -0.176. The molecule has 0 aliphatic carbocycles. The second-order valence-corrected chi connectivity index (χ2v) is 3.22. The zero-order valence-corrected chi connectivity index (χ0v) is 7.03. The molecule has 0 radical (unpaired) electrons. The molecule has 1 aliphatic rings. The van der Waals surface area contributed by atoms with Crippen LogP contribution < -0.4 is 0 Å². The van der Waals surface area contributed by atoms with Crippen molar-refractivity contribution in [2.75, 3.05) is 19.7 Å². The number of hydrogen-bond acceptors (Lipinski definition) is 3. The van der Waals surface area contributed by atoms with Gasteiger partial charge in [0, 0.05) is 12.6 Å². The van der Waals surface area contributed by atoms with Crippen molar-refractivity contribution in [1.29, 1.82) is 0 Å². The quantitative estimate of drug-likeness (QED) is 0.600. The summed E-state index contributed by atoms with van der Waals surface area (Å²) in [6.07, 6.45) is 1.60. The van der Waals surface area contributed by atoms with Crippen LogP contribution >= 0.6 is 0 Å². The molecule has 2 unspecified atom stereocenters. The van der Waals surface area contributed by atoms with Crippen LogP contribution in [0.2, 0.25) is 0 Å². The molecule has 1 rings (SSSR count). The molecule has 0 aromatic rings. The standard InChI is InChI=1S/C8H17NO2/c1-2-3-9-5-8(11)4-7(9)6-10/h7-8,10-11H,2-6H2,1H3. The molecule has 1 heterocycles. The van der Waals surface area contributed by atoms with Crippen molar-refractivity contribution < 1.29 is 10.2 Å². The van der Waals surface area contributed by atoms with Crippen molar-refractivity contribution >= 4 is 0 Å². The van der Waals surface area contributed by atoms with Crippen LogP contribution in [0.25, 0.3) is 0 Å². The Bertz CT molecular complexity index is 119. The number of rotatable bonds is 3. The molecule has 1 fully saturated rings. The predicted molar refractivity (Wildman–Crippen MR) is 43.4 cm³/mol. The summed E-state index contributed by atoms with van der Waals surface area (Å²) < 4.78 is 0. The molecule has 0 amide bonds. The summed E-state index contributed by atoms with van der Waals surface area (Å²) in [5, 5.41) is 18.2. The molecule has 66 valence electrons. The Morgan fingerprint density at radius 1 is 1.55 bits per heavy atom. The molecule has 2 atom stereocenters. The molecule has 3 nitrogen and oxygen atoms in total. The van der Waals surface area contributed by atoms with E-state index in [2.05, 4.69) is 11.8 Å². The SMILES string of the molecule is CCCN1CC(O)CC1CO. The van der Waals surface area contributed by atoms with E-state index in [1.807, 2.05) is 0 Å². The van der Waals surface area contributed by atoms with Gasteiger partial charge in [0.1, 0.15) is 0 Å². The first-order chi connectivity index (χ1) is 5.27. The molecular formula is C8H17NO2. The van der Waals surface area contributed by atoms with Gasteiger partial charge in [0.15, 0.2) is 0 Å². The van der Waals surface area contributed by atoms with Crippen LogP contribution in [0.5, 0.6) is 0 Å². The maximum Gasteiger partial charge on any atom is 0.0683 e. The number of likely N-dealkylation sites (tertiary alicyclic amines) is 1. The summed E-state index contributed by atoms with van der Waals surface area (Å²) in [7, 11) is 0. The van der Waals surface area contributed by atoms with Gasteiger partial charge in [-0.25, -0.2) is 0 Å². The second kappa shape index (κ2) is 4.04. The van der Waals surface area contributed by atoms with Crippen LogP contribution in [0.1, 0.15) is 19.8 Å². The molecule has 0 bridgehead atoms. The zero-order chi connectivity index (χ0) is 8.27. The van der Waals surface area contributed by atoms with E-state index in [-0.39, 0.29) is 18.8 Å². The van der Waals surface area contributed by atoms with Gasteiger partial charge in [0.2, 0.25) is 0 Å². The second-order valence-electron chi connectivity index (χ2n) is 3.22. The third kappa shape index (κ3) is 2.15. The number of aliphatic hydroxyl groups excluding tert-OH is 2. The summed E-state index contributed by atoms with van der Waals surface area (Å²) >= 11 is 0. The normalized spacial score (nSPS) is 33.0. The minimum Gasteiger partial charge on any atom is -0.395 e. The van der Waals surface area contributed by atoms with Gasteiger partial charge in [-0.3, -0.25) is 4.90 Å². The molecule has 0 aromatic heterocycles. The van der Waals surface area contributed by atoms with Gasteiger partial charge >= 0.3 is 0 Å². The maximum absolute atomic E-state index is 9.27. The third-order valence-corrected chi connectivity index (χ3v) is 2.23. The van der Waals surface area contributed by atoms with Crippen LogP contribution in [0.15, 0.2) is 0 Å². The first-order valence-electron chi connectivity index (χ1n) is 4.31. The van der Waals surface area contributed by atoms with Crippen LogP contribution in [-0.4, -0.2) is 47.0 Å². The van der Waals surface area contributed by atoms with Crippen molar-refractivity contribution in [2.24, 2.45) is 0 Å². The third-order valence-electron chi connectivity index (χ3n) is 2.23. The number of aliphatic hydroxyl groups is 2. The van der Waals surface area contributed by atoms with Crippen LogP contribution in [0, 0.1) is 0 Å². The highest BCUT2D eigenvalue weighted by atomic mass is 16.3. The summed E-state index contributed by atoms with van der Waals surface area (Å²) in [6, 6.07) is 0.199. The van der Waals surface area contributed by atoms with Gasteiger partial charge in [0.05, 0.1) is 12.7 Å². The molecule has 0 saturated carbocycles. The van der Waals surface area contributed by atoms with Crippen molar-refractivity contribution in [2.45, 2.75) is 31.9 Å². The first kappa shape index (κ1) is 8.97. The highest BCUT2D eigenvalue weighted by molar-refractivity contribution is 4.83. The Labute approximate surface area is 67.6 Å². The Hall–Kier alpha value is -0.120. The first-order valence-corrected chi connectivity index (χ1v) is 4.31. The summed E-state index contributed by atoms with van der Waals surface area (Å²) in [5.74, 6) is 0. The molecule has 11 heavy (non-hydrogen) atoms. The number of hydrogen-bond donors (Lipinski definition) is 2. The monoisotopic (exact) mass is 159 g/mol. The fourth-order valence-electron chi connectivity index (χ4n) is 1.71. The van der Waals surface area contributed by atoms with Gasteiger partial charge in [-0.2, -0.15) is 0 Å². The van der Waals surface area contributed by atoms with Gasteiger partial charge in [-0.15, -0.1) is 0 Å². The summed E-state index contributed by atoms with van der Waals surface area (Å²) in [5.41, 5.74) is 0. The fraction of sp³-hybridized carbons (Fsp3) is 1.00. The summed E-state index contributed by atoms with van der Waals surface area (Å²) in [4.78, 5) is 2.16. The minimum absolute atomic E-state index is 0.178. The van der Waals surface area contributed by atoms with E-state index in [1.54, 1.807) is 0 Å². The molecule has 3 heteroatoms. The largest absolute Gasteiger partial charge is 0.395 e. The topological polar surface area (TPSA) is 43.7 Å². The smallest absolute Gasteiger partial charge is 0.0683 e. The maximum atomic E-state index is 9.27. The van der Waals surface area contributed by atoms with E-state index in [9.17, 15) is 5.11 Å². The Morgan fingerprint density at radius 2 is 2.27 bits per heavy atom. The highest BCUT2D eigenvalue weighted by Gasteiger charge is 2.29. The average Bonchev–Trinajstić information content (AvgIpc) is 2.32. The van der Waals surface area contributed by atoms with Crippen molar-refractivity contribution in [1.82, 2.24) is 4.90 Å². The molecule has 1 saturated heterocycles. The molecule has 0 aromatic carbocycles. The summed E-state index contributed by atoms with van der Waals surface area (Å²) in [6.45, 7) is 4.01. The van der Waals surface area contributed by atoms with Crippen LogP contribution in [0.3, 0.4) is 0 Å². The van der Waals surface area contributed by atoms with E-state index in [0.29, 0.717) is 0 Å². The Morgan fingerprint density at radius 3 is 2.82 bits per heavy atom. The number of nitrogens with zero attached hydrogens (tertiary/aromatic N) is 1. The molecule has 0 spiro atoms. The van der Waals surface area contributed by atoms with Crippen molar-refractivity contribution in [3.05, 3.63) is 0 Å². The van der Waals surface area contributed by atoms with Crippen molar-refractivity contribution in [3.63, 3.8) is 0 Å². The molecule has 1 aliphatic heterocycles. The lowest BCUT2D eigenvalue weighted by atomic mass is 10.2. The van der Waals surface area contributed by atoms with Gasteiger partial charge in [0.25, 0.3) is 0 Å². The Kier molecular flexibility index (Phi) is 3.30. The lowest BCUT2D eigenvalue weighted by molar-refractivity contribution is 0.156. The van der Waals surface area contributed by atoms with Gasteiger partial charge < -0.3 is 10.2 Å². The Balaban J connectivity index is 2.37. The van der Waals surface area contributed by atoms with Crippen LogP contribution in [-0.2, 0) is 0 Å². The fourth-order valence-corrected chi connectivity index (χ4v) is 1.71. The van der Waals surface area contributed by atoms with E-state index in [0.717, 1.165) is 25.9 Å². The lowest BCUT2D eigenvalue weighted by Crippen LogP contribution is -2.32. The lowest BCUT2D eigenvalue weighted by Gasteiger charge is -2.20. The average molecular weight is 159 g/mol. The van der Waals surface area contributed by atoms with Gasteiger partial charge in [-0.05, 0) is 19.4 Å². The van der Waals surface area contributed by atoms with E-state index in [1.165, 1.54) is 0 Å². The molecular weight excluding hydrogens is 142 g/mol. The van der Waals surface area contributed by atoms with E-state index >= 15 is 0 Å². The van der Waals surface area contributed by atoms with Gasteiger partial charge in [-0.1, -0.05) is 6.92 Å². The van der Waals surface area contributed by atoms with E-state index < -0.39 is 0 Å². The number of β-amino-alcohol motifs (C(OH)–C–C–N with tert-alkyl or cyclic N) is 1. The highest BCUT2D eigenvalue weighted by Crippen LogP contribution is 2.16. The van der Waals surface area contributed by atoms with Crippen LogP contribution in [0.4, 0.5) is 0 Å². The zero-order valence-electron chi connectivity index (χ0n) is 7.03. The minimum atomic E-state index is -0.223. The molecule has 2 N–H and O–H groups in total. The van der Waals surface area contributed by atoms with Crippen molar-refractivity contribution in [3.8, 4) is 0 Å². The van der Waals surface area contributed by atoms with E-state index in [4.69, 9.17) is 5.11 Å².